The number of aliphatic hydroxyl groups is 1. The quantitative estimate of drug-likeness (QED) is 0.650. The summed E-state index contributed by atoms with van der Waals surface area (Å²) < 4.78 is 5.62. The van der Waals surface area contributed by atoms with Gasteiger partial charge in [0.05, 0.1) is 18.4 Å². The van der Waals surface area contributed by atoms with Crippen LogP contribution in [0.3, 0.4) is 0 Å². The summed E-state index contributed by atoms with van der Waals surface area (Å²) in [5.74, 6) is -0.194. The van der Waals surface area contributed by atoms with Gasteiger partial charge in [0.25, 0.3) is 0 Å². The Morgan fingerprint density at radius 2 is 1.62 bits per heavy atom. The normalized spacial score (nSPS) is 23.9. The van der Waals surface area contributed by atoms with Crippen LogP contribution in [0, 0.1) is 11.8 Å². The highest BCUT2D eigenvalue weighted by Crippen LogP contribution is 2.35. The lowest BCUT2D eigenvalue weighted by Crippen LogP contribution is -2.40. The van der Waals surface area contributed by atoms with Gasteiger partial charge in [-0.2, -0.15) is 0 Å². The molecule has 1 aromatic carbocycles. The van der Waals surface area contributed by atoms with Gasteiger partial charge in [-0.05, 0) is 36.0 Å². The number of allylic oxidation sites excluding steroid dienone is 2. The fourth-order valence-electron chi connectivity index (χ4n) is 3.56. The van der Waals surface area contributed by atoms with E-state index in [2.05, 4.69) is 20.8 Å². The van der Waals surface area contributed by atoms with E-state index in [1.165, 1.54) is 10.5 Å². The largest absolute Gasteiger partial charge is 0.491 e. The summed E-state index contributed by atoms with van der Waals surface area (Å²) in [5, 5.41) is 10.2. The number of amides is 2. The van der Waals surface area contributed by atoms with Gasteiger partial charge in [-0.25, -0.2) is 0 Å². The summed E-state index contributed by atoms with van der Waals surface area (Å²) >= 11 is 0. The topological polar surface area (TPSA) is 66.8 Å². The summed E-state index contributed by atoms with van der Waals surface area (Å²) in [6, 6.07) is 7.76. The van der Waals surface area contributed by atoms with Gasteiger partial charge in [0.1, 0.15) is 18.5 Å². The average molecular weight is 357 g/mol. The van der Waals surface area contributed by atoms with E-state index in [4.69, 9.17) is 4.74 Å². The van der Waals surface area contributed by atoms with Crippen LogP contribution in [0.1, 0.15) is 39.2 Å². The minimum Gasteiger partial charge on any atom is -0.491 e. The van der Waals surface area contributed by atoms with Crippen LogP contribution in [0.4, 0.5) is 0 Å². The summed E-state index contributed by atoms with van der Waals surface area (Å²) in [6.07, 6.45) is 4.22. The summed E-state index contributed by atoms with van der Waals surface area (Å²) in [5.41, 5.74) is 1.27. The molecule has 1 fully saturated rings. The number of β-amino-alcohol motifs (C(OH)–C–C–N with tert-alkyl or cyclic N) is 1. The third kappa shape index (κ3) is 3.83. The first-order chi connectivity index (χ1) is 12.3. The number of nitrogens with zero attached hydrogens (tertiary/aromatic N) is 1. The van der Waals surface area contributed by atoms with E-state index in [0.717, 1.165) is 0 Å². The Labute approximate surface area is 154 Å². The molecule has 1 aliphatic heterocycles. The molecule has 0 saturated carbocycles. The number of aliphatic hydroxyl groups excluding tert-OH is 1. The standard InChI is InChI=1S/C21H27NO4/c1-21(2,3)14-8-10-16(11-9-14)26-13-15(23)12-22-19(24)17-6-4-5-7-18(17)20(22)25/h4-5,8-11,15,17-18,23H,6-7,12-13H2,1-3H3. The fourth-order valence-corrected chi connectivity index (χ4v) is 3.56. The number of imide groups is 1. The fraction of sp³-hybridized carbons (Fsp3) is 0.524. The van der Waals surface area contributed by atoms with E-state index in [-0.39, 0.29) is 42.2 Å². The maximum atomic E-state index is 12.4. The first-order valence-corrected chi connectivity index (χ1v) is 9.19. The van der Waals surface area contributed by atoms with Crippen molar-refractivity contribution in [3.8, 4) is 5.75 Å². The predicted octanol–water partition coefficient (Wildman–Crippen LogP) is 2.68. The molecule has 0 bridgehead atoms. The minimum absolute atomic E-state index is 0.00919. The van der Waals surface area contributed by atoms with E-state index < -0.39 is 6.10 Å². The molecular formula is C21H27NO4. The number of benzene rings is 1. The lowest BCUT2D eigenvalue weighted by atomic mass is 9.85. The zero-order valence-corrected chi connectivity index (χ0v) is 15.6. The molecule has 1 aromatic rings. The molecule has 5 heteroatoms. The Morgan fingerprint density at radius 3 is 2.12 bits per heavy atom. The first-order valence-electron chi connectivity index (χ1n) is 9.19. The maximum Gasteiger partial charge on any atom is 0.233 e. The average Bonchev–Trinajstić information content (AvgIpc) is 2.85. The highest BCUT2D eigenvalue weighted by Gasteiger charge is 2.47. The molecule has 3 rings (SSSR count). The molecule has 1 saturated heterocycles. The summed E-state index contributed by atoms with van der Waals surface area (Å²) in [7, 11) is 0. The number of rotatable bonds is 5. The van der Waals surface area contributed by atoms with Crippen LogP contribution >= 0.6 is 0 Å². The molecule has 140 valence electrons. The van der Waals surface area contributed by atoms with Crippen molar-refractivity contribution in [2.45, 2.75) is 45.1 Å². The van der Waals surface area contributed by atoms with Gasteiger partial charge in [0.15, 0.2) is 0 Å². The zero-order valence-electron chi connectivity index (χ0n) is 15.6. The van der Waals surface area contributed by atoms with Crippen LogP contribution in [0.2, 0.25) is 0 Å². The Balaban J connectivity index is 1.54. The molecule has 26 heavy (non-hydrogen) atoms. The SMILES string of the molecule is CC(C)(C)c1ccc(OCC(O)CN2C(=O)C3CC=CCC3C2=O)cc1. The Bertz CT molecular complexity index is 676. The van der Waals surface area contributed by atoms with Crippen LogP contribution in [-0.4, -0.2) is 41.1 Å². The van der Waals surface area contributed by atoms with Gasteiger partial charge in [-0.1, -0.05) is 45.1 Å². The van der Waals surface area contributed by atoms with Crippen molar-refractivity contribution in [1.82, 2.24) is 4.90 Å². The number of hydrogen-bond acceptors (Lipinski definition) is 4. The molecule has 3 atom stereocenters. The number of carbonyl (C=O) groups is 2. The third-order valence-corrected chi connectivity index (χ3v) is 5.15. The number of hydrogen-bond donors (Lipinski definition) is 1. The monoisotopic (exact) mass is 357 g/mol. The van der Waals surface area contributed by atoms with E-state index in [1.54, 1.807) is 0 Å². The summed E-state index contributed by atoms with van der Waals surface area (Å²) in [6.45, 7) is 6.46. The van der Waals surface area contributed by atoms with Gasteiger partial charge in [0, 0.05) is 0 Å². The molecule has 1 aliphatic carbocycles. The second kappa shape index (κ2) is 7.23. The smallest absolute Gasteiger partial charge is 0.233 e. The van der Waals surface area contributed by atoms with Crippen LogP contribution in [0.15, 0.2) is 36.4 Å². The van der Waals surface area contributed by atoms with Gasteiger partial charge in [0.2, 0.25) is 11.8 Å². The number of carbonyl (C=O) groups excluding carboxylic acids is 2. The van der Waals surface area contributed by atoms with Crippen molar-refractivity contribution in [3.05, 3.63) is 42.0 Å². The number of ether oxygens (including phenoxy) is 1. The van der Waals surface area contributed by atoms with Crippen molar-refractivity contribution >= 4 is 11.8 Å². The zero-order chi connectivity index (χ0) is 18.9. The molecule has 1 heterocycles. The van der Waals surface area contributed by atoms with Gasteiger partial charge < -0.3 is 9.84 Å². The van der Waals surface area contributed by atoms with Crippen molar-refractivity contribution in [2.24, 2.45) is 11.8 Å². The Morgan fingerprint density at radius 1 is 1.08 bits per heavy atom. The highest BCUT2D eigenvalue weighted by atomic mass is 16.5. The molecule has 0 aromatic heterocycles. The van der Waals surface area contributed by atoms with Crippen molar-refractivity contribution in [3.63, 3.8) is 0 Å². The van der Waals surface area contributed by atoms with Gasteiger partial charge >= 0.3 is 0 Å². The van der Waals surface area contributed by atoms with Crippen LogP contribution in [0.5, 0.6) is 5.75 Å². The maximum absolute atomic E-state index is 12.4. The highest BCUT2D eigenvalue weighted by molar-refractivity contribution is 6.05. The van der Waals surface area contributed by atoms with E-state index in [9.17, 15) is 14.7 Å². The van der Waals surface area contributed by atoms with Crippen LogP contribution in [0.25, 0.3) is 0 Å². The molecule has 0 spiro atoms. The van der Waals surface area contributed by atoms with Crippen LogP contribution < -0.4 is 4.74 Å². The van der Waals surface area contributed by atoms with E-state index in [0.29, 0.717) is 18.6 Å². The molecule has 5 nitrogen and oxygen atoms in total. The Kier molecular flexibility index (Phi) is 5.19. The molecule has 3 unspecified atom stereocenters. The molecule has 2 amide bonds. The minimum atomic E-state index is -0.904. The molecule has 0 radical (unpaired) electrons. The second-order valence-electron chi connectivity index (χ2n) is 8.18. The molecular weight excluding hydrogens is 330 g/mol. The van der Waals surface area contributed by atoms with E-state index in [1.807, 2.05) is 36.4 Å². The Hall–Kier alpha value is -2.14. The van der Waals surface area contributed by atoms with E-state index >= 15 is 0 Å². The van der Waals surface area contributed by atoms with Gasteiger partial charge in [-0.3, -0.25) is 14.5 Å². The molecule has 2 aliphatic rings. The summed E-state index contributed by atoms with van der Waals surface area (Å²) in [4.78, 5) is 26.0. The number of likely N-dealkylation sites (tertiary alicyclic amines) is 1. The van der Waals surface area contributed by atoms with Crippen molar-refractivity contribution in [1.29, 1.82) is 0 Å². The molecule has 1 N–H and O–H groups in total. The van der Waals surface area contributed by atoms with Crippen molar-refractivity contribution in [2.75, 3.05) is 13.2 Å². The second-order valence-corrected chi connectivity index (χ2v) is 8.18. The third-order valence-electron chi connectivity index (χ3n) is 5.15. The first kappa shape index (κ1) is 18.6. The van der Waals surface area contributed by atoms with Crippen molar-refractivity contribution < 1.29 is 19.4 Å². The lowest BCUT2D eigenvalue weighted by molar-refractivity contribution is -0.141. The lowest BCUT2D eigenvalue weighted by Gasteiger charge is -2.21. The van der Waals surface area contributed by atoms with Gasteiger partial charge in [-0.15, -0.1) is 0 Å². The van der Waals surface area contributed by atoms with Crippen LogP contribution in [-0.2, 0) is 15.0 Å². The predicted molar refractivity (Wildman–Crippen MR) is 98.7 cm³/mol. The number of fused-ring (bicyclic) bond motifs is 1.